The van der Waals surface area contributed by atoms with Gasteiger partial charge in [-0.15, -0.1) is 0 Å². The summed E-state index contributed by atoms with van der Waals surface area (Å²) < 4.78 is 0. The molecule has 49 heavy (non-hydrogen) atoms. The largest absolute Gasteiger partial charge is 0.247 e. The summed E-state index contributed by atoms with van der Waals surface area (Å²) in [6.07, 6.45) is 0. The van der Waals surface area contributed by atoms with E-state index >= 15 is 0 Å². The van der Waals surface area contributed by atoms with Gasteiger partial charge in [0.2, 0.25) is 0 Å². The SMILES string of the molecule is c1ccc2c(c1)-c1ccccc1C21c2ccccc2-c2c(-c3ccc(-c4ccc5ccc6ccccc6c5c4)cc3)nc3ccccc3c21. The average Bonchev–Trinajstić information content (AvgIpc) is 3.65. The predicted octanol–water partition coefficient (Wildman–Crippen LogP) is 12.2. The molecular weight excluding hydrogens is 591 g/mol. The quantitative estimate of drug-likeness (QED) is 0.175. The predicted molar refractivity (Wildman–Crippen MR) is 204 cm³/mol. The van der Waals surface area contributed by atoms with E-state index in [2.05, 4.69) is 176 Å². The summed E-state index contributed by atoms with van der Waals surface area (Å²) in [5.41, 5.74) is 15.7. The summed E-state index contributed by atoms with van der Waals surface area (Å²) in [6, 6.07) is 64.8. The first-order valence-electron chi connectivity index (χ1n) is 17.1. The molecule has 0 aliphatic heterocycles. The second-order valence-electron chi connectivity index (χ2n) is 13.4. The number of aromatic nitrogens is 1. The van der Waals surface area contributed by atoms with Crippen molar-refractivity contribution in [1.82, 2.24) is 4.98 Å². The molecule has 0 saturated carbocycles. The molecule has 1 spiro atoms. The highest BCUT2D eigenvalue weighted by Gasteiger charge is 2.53. The summed E-state index contributed by atoms with van der Waals surface area (Å²) >= 11 is 0. The monoisotopic (exact) mass is 619 g/mol. The molecule has 9 aromatic rings. The molecule has 2 aliphatic rings. The molecule has 226 valence electrons. The van der Waals surface area contributed by atoms with Crippen molar-refractivity contribution in [3.05, 3.63) is 198 Å². The fourth-order valence-corrected chi connectivity index (χ4v) is 9.03. The van der Waals surface area contributed by atoms with Crippen LogP contribution in [0.15, 0.2) is 176 Å². The van der Waals surface area contributed by atoms with Crippen molar-refractivity contribution in [2.24, 2.45) is 0 Å². The smallest absolute Gasteiger partial charge is 0.0791 e. The van der Waals surface area contributed by atoms with Crippen molar-refractivity contribution >= 4 is 32.4 Å². The van der Waals surface area contributed by atoms with Crippen LogP contribution in [-0.2, 0) is 5.41 Å². The van der Waals surface area contributed by atoms with E-state index in [-0.39, 0.29) is 0 Å². The van der Waals surface area contributed by atoms with Crippen molar-refractivity contribution in [3.63, 3.8) is 0 Å². The third kappa shape index (κ3) is 3.51. The van der Waals surface area contributed by atoms with Crippen LogP contribution in [0, 0.1) is 0 Å². The van der Waals surface area contributed by atoms with E-state index in [4.69, 9.17) is 4.98 Å². The highest BCUT2D eigenvalue weighted by atomic mass is 14.7. The van der Waals surface area contributed by atoms with Gasteiger partial charge in [0.1, 0.15) is 0 Å². The Labute approximate surface area is 284 Å². The van der Waals surface area contributed by atoms with Gasteiger partial charge in [-0.2, -0.15) is 0 Å². The van der Waals surface area contributed by atoms with Crippen LogP contribution in [0.5, 0.6) is 0 Å². The van der Waals surface area contributed by atoms with Gasteiger partial charge in [0.15, 0.2) is 0 Å². The summed E-state index contributed by atoms with van der Waals surface area (Å²) in [5, 5.41) is 6.32. The zero-order valence-corrected chi connectivity index (χ0v) is 26.7. The molecule has 1 heteroatoms. The van der Waals surface area contributed by atoms with Crippen molar-refractivity contribution in [2.75, 3.05) is 0 Å². The zero-order chi connectivity index (χ0) is 32.1. The van der Waals surface area contributed by atoms with Gasteiger partial charge < -0.3 is 0 Å². The third-order valence-corrected chi connectivity index (χ3v) is 11.1. The molecule has 0 unspecified atom stereocenters. The maximum atomic E-state index is 5.46. The minimum absolute atomic E-state index is 0.426. The standard InChI is InChI=1S/C48H29N/c1-2-12-35-31(11-1)23-24-32-25-28-34(29-40(32)35)30-21-26-33(27-22-30)47-45-38-15-5-9-19-43(38)48(46(45)39-16-6-10-20-44(39)49-47)41-17-7-3-13-36(41)37-14-4-8-18-42(37)48/h1-29H. The lowest BCUT2D eigenvalue weighted by atomic mass is 9.69. The first-order chi connectivity index (χ1) is 24.3. The van der Waals surface area contributed by atoms with E-state index in [0.717, 1.165) is 16.8 Å². The van der Waals surface area contributed by atoms with Crippen LogP contribution in [0.4, 0.5) is 0 Å². The number of para-hydroxylation sites is 1. The third-order valence-electron chi connectivity index (χ3n) is 11.1. The second-order valence-corrected chi connectivity index (χ2v) is 13.4. The number of hydrogen-bond acceptors (Lipinski definition) is 1. The molecule has 11 rings (SSSR count). The first-order valence-corrected chi connectivity index (χ1v) is 17.1. The van der Waals surface area contributed by atoms with Crippen LogP contribution >= 0.6 is 0 Å². The Morgan fingerprint density at radius 1 is 0.367 bits per heavy atom. The Morgan fingerprint density at radius 3 is 1.61 bits per heavy atom. The molecule has 1 nitrogen and oxygen atoms in total. The van der Waals surface area contributed by atoms with Crippen molar-refractivity contribution in [2.45, 2.75) is 5.41 Å². The van der Waals surface area contributed by atoms with Crippen LogP contribution in [0.3, 0.4) is 0 Å². The van der Waals surface area contributed by atoms with Crippen LogP contribution in [0.2, 0.25) is 0 Å². The fraction of sp³-hybridized carbons (Fsp3) is 0.0208. The first kappa shape index (κ1) is 26.7. The molecule has 0 atom stereocenters. The molecule has 0 radical (unpaired) electrons. The Hall–Kier alpha value is -6.31. The Bertz CT molecular complexity index is 2780. The summed E-state index contributed by atoms with van der Waals surface area (Å²) in [5.74, 6) is 0. The maximum absolute atomic E-state index is 5.46. The molecule has 1 heterocycles. The van der Waals surface area contributed by atoms with Crippen LogP contribution in [-0.4, -0.2) is 4.98 Å². The molecule has 2 aliphatic carbocycles. The van der Waals surface area contributed by atoms with Gasteiger partial charge in [0.25, 0.3) is 0 Å². The lowest BCUT2D eigenvalue weighted by Crippen LogP contribution is -2.26. The Kier molecular flexibility index (Phi) is 5.38. The molecule has 8 aromatic carbocycles. The molecule has 0 N–H and O–H groups in total. The minimum Gasteiger partial charge on any atom is -0.247 e. The Morgan fingerprint density at radius 2 is 0.878 bits per heavy atom. The summed E-state index contributed by atoms with van der Waals surface area (Å²) in [7, 11) is 0. The lowest BCUT2D eigenvalue weighted by Gasteiger charge is -2.31. The normalized spacial score (nSPS) is 13.5. The molecule has 0 bridgehead atoms. The zero-order valence-electron chi connectivity index (χ0n) is 26.7. The topological polar surface area (TPSA) is 12.9 Å². The number of nitrogens with zero attached hydrogens (tertiary/aromatic N) is 1. The second kappa shape index (κ2) is 9.86. The van der Waals surface area contributed by atoms with Crippen molar-refractivity contribution < 1.29 is 0 Å². The molecule has 1 aromatic heterocycles. The fourth-order valence-electron chi connectivity index (χ4n) is 9.03. The van der Waals surface area contributed by atoms with Crippen molar-refractivity contribution in [1.29, 1.82) is 0 Å². The van der Waals surface area contributed by atoms with Gasteiger partial charge in [-0.25, -0.2) is 4.98 Å². The van der Waals surface area contributed by atoms with Gasteiger partial charge in [-0.1, -0.05) is 164 Å². The summed E-state index contributed by atoms with van der Waals surface area (Å²) in [6.45, 7) is 0. The number of fused-ring (bicyclic) bond motifs is 15. The molecule has 0 amide bonds. The van der Waals surface area contributed by atoms with Gasteiger partial charge in [0.05, 0.1) is 16.6 Å². The highest BCUT2D eigenvalue weighted by molar-refractivity contribution is 6.09. The highest BCUT2D eigenvalue weighted by Crippen LogP contribution is 2.65. The lowest BCUT2D eigenvalue weighted by molar-refractivity contribution is 0.801. The number of hydrogen-bond donors (Lipinski definition) is 0. The Balaban J connectivity index is 1.16. The van der Waals surface area contributed by atoms with E-state index in [1.165, 1.54) is 82.6 Å². The minimum atomic E-state index is -0.426. The number of pyridine rings is 1. The van der Waals surface area contributed by atoms with Crippen LogP contribution < -0.4 is 0 Å². The van der Waals surface area contributed by atoms with E-state index < -0.39 is 5.41 Å². The van der Waals surface area contributed by atoms with Gasteiger partial charge in [0, 0.05) is 16.5 Å². The van der Waals surface area contributed by atoms with Crippen LogP contribution in [0.25, 0.3) is 77.1 Å². The average molecular weight is 620 g/mol. The molecular formula is C48H29N. The van der Waals surface area contributed by atoms with Gasteiger partial charge in [-0.3, -0.25) is 0 Å². The van der Waals surface area contributed by atoms with Crippen molar-refractivity contribution in [3.8, 4) is 44.6 Å². The van der Waals surface area contributed by atoms with E-state index in [1.807, 2.05) is 0 Å². The van der Waals surface area contributed by atoms with Gasteiger partial charge in [-0.05, 0) is 83.7 Å². The number of rotatable bonds is 2. The maximum Gasteiger partial charge on any atom is 0.0791 e. The molecule has 0 fully saturated rings. The summed E-state index contributed by atoms with van der Waals surface area (Å²) in [4.78, 5) is 5.46. The van der Waals surface area contributed by atoms with Gasteiger partial charge >= 0.3 is 0 Å². The van der Waals surface area contributed by atoms with E-state index in [1.54, 1.807) is 0 Å². The van der Waals surface area contributed by atoms with E-state index in [9.17, 15) is 0 Å². The van der Waals surface area contributed by atoms with E-state index in [0.29, 0.717) is 0 Å². The number of benzene rings is 8. The molecule has 0 saturated heterocycles. The van der Waals surface area contributed by atoms with Crippen LogP contribution in [0.1, 0.15) is 22.3 Å².